The molecular weight excluding hydrogens is 332 g/mol. The minimum atomic E-state index is -0.105. The summed E-state index contributed by atoms with van der Waals surface area (Å²) in [4.78, 5) is 20.1. The van der Waals surface area contributed by atoms with Crippen molar-refractivity contribution in [2.75, 3.05) is 7.11 Å². The molecule has 98 valence electrons. The van der Waals surface area contributed by atoms with E-state index in [0.29, 0.717) is 22.2 Å². The first-order chi connectivity index (χ1) is 9.10. The van der Waals surface area contributed by atoms with E-state index in [-0.39, 0.29) is 12.2 Å². The van der Waals surface area contributed by atoms with Crippen molar-refractivity contribution in [1.29, 1.82) is 0 Å². The molecule has 0 atom stereocenters. The molecule has 0 saturated heterocycles. The van der Waals surface area contributed by atoms with E-state index < -0.39 is 0 Å². The maximum atomic E-state index is 12.2. The van der Waals surface area contributed by atoms with E-state index >= 15 is 0 Å². The number of ketones is 1. The molecule has 0 saturated carbocycles. The molecule has 1 aromatic carbocycles. The highest BCUT2D eigenvalue weighted by Crippen LogP contribution is 2.22. The summed E-state index contributed by atoms with van der Waals surface area (Å²) >= 11 is 9.33. The van der Waals surface area contributed by atoms with E-state index in [1.54, 1.807) is 24.3 Å². The van der Waals surface area contributed by atoms with Gasteiger partial charge in [0, 0.05) is 16.1 Å². The smallest absolute Gasteiger partial charge is 0.216 e. The predicted molar refractivity (Wildman–Crippen MR) is 75.8 cm³/mol. The molecule has 0 N–H and O–H groups in total. The first-order valence-corrected chi connectivity index (χ1v) is 6.60. The van der Waals surface area contributed by atoms with Gasteiger partial charge in [-0.25, -0.2) is 9.97 Å². The predicted octanol–water partition coefficient (Wildman–Crippen LogP) is 3.33. The number of methoxy groups -OCH3 is 1. The third-order valence-electron chi connectivity index (χ3n) is 2.48. The molecule has 19 heavy (non-hydrogen) atoms. The van der Waals surface area contributed by atoms with Gasteiger partial charge in [0.05, 0.1) is 24.2 Å². The highest BCUT2D eigenvalue weighted by atomic mass is 79.9. The molecule has 0 aliphatic carbocycles. The van der Waals surface area contributed by atoms with Crippen molar-refractivity contribution in [1.82, 2.24) is 9.97 Å². The summed E-state index contributed by atoms with van der Waals surface area (Å²) in [6, 6.07) is 6.79. The molecule has 0 fully saturated rings. The van der Waals surface area contributed by atoms with Crippen LogP contribution >= 0.6 is 27.5 Å². The number of ether oxygens (including phenoxy) is 1. The van der Waals surface area contributed by atoms with Crippen LogP contribution in [0, 0.1) is 0 Å². The van der Waals surface area contributed by atoms with Crippen molar-refractivity contribution in [2.45, 2.75) is 6.42 Å². The molecule has 0 unspecified atom stereocenters. The standard InChI is InChI=1S/C13H10BrClN2O2/c1-19-13-6-9(16-7-17-13)5-12(18)10-4-8(14)2-3-11(10)15/h2-4,6-7H,5H2,1H3. The normalized spacial score (nSPS) is 10.3. The molecule has 2 rings (SSSR count). The molecule has 1 aromatic heterocycles. The van der Waals surface area contributed by atoms with Gasteiger partial charge in [0.2, 0.25) is 5.88 Å². The van der Waals surface area contributed by atoms with Gasteiger partial charge in [-0.05, 0) is 18.2 Å². The van der Waals surface area contributed by atoms with Crippen LogP contribution in [0.25, 0.3) is 0 Å². The summed E-state index contributed by atoms with van der Waals surface area (Å²) in [7, 11) is 1.51. The monoisotopic (exact) mass is 340 g/mol. The van der Waals surface area contributed by atoms with Crippen LogP contribution in [0.2, 0.25) is 5.02 Å². The average molecular weight is 342 g/mol. The van der Waals surface area contributed by atoms with E-state index in [0.717, 1.165) is 4.47 Å². The Balaban J connectivity index is 2.23. The number of hydrogen-bond donors (Lipinski definition) is 0. The fraction of sp³-hybridized carbons (Fsp3) is 0.154. The lowest BCUT2D eigenvalue weighted by Gasteiger charge is -2.05. The van der Waals surface area contributed by atoms with Gasteiger partial charge < -0.3 is 4.74 Å². The van der Waals surface area contributed by atoms with Crippen LogP contribution in [0.1, 0.15) is 16.1 Å². The van der Waals surface area contributed by atoms with E-state index in [2.05, 4.69) is 25.9 Å². The molecule has 0 aliphatic heterocycles. The zero-order valence-corrected chi connectivity index (χ0v) is 12.4. The van der Waals surface area contributed by atoms with Gasteiger partial charge >= 0.3 is 0 Å². The SMILES string of the molecule is COc1cc(CC(=O)c2cc(Br)ccc2Cl)ncn1. The Morgan fingerprint density at radius 2 is 2.16 bits per heavy atom. The number of nitrogens with zero attached hydrogens (tertiary/aromatic N) is 2. The van der Waals surface area contributed by atoms with E-state index in [1.807, 2.05) is 0 Å². The molecule has 0 amide bonds. The lowest BCUT2D eigenvalue weighted by Crippen LogP contribution is -2.06. The highest BCUT2D eigenvalue weighted by molar-refractivity contribution is 9.10. The van der Waals surface area contributed by atoms with Crippen molar-refractivity contribution < 1.29 is 9.53 Å². The number of benzene rings is 1. The van der Waals surface area contributed by atoms with E-state index in [4.69, 9.17) is 16.3 Å². The molecule has 0 radical (unpaired) electrons. The number of rotatable bonds is 4. The molecule has 0 aliphatic rings. The number of Topliss-reactive ketones (excluding diaryl/α,β-unsaturated/α-hetero) is 1. The maximum Gasteiger partial charge on any atom is 0.216 e. The summed E-state index contributed by atoms with van der Waals surface area (Å²) in [5.41, 5.74) is 1.06. The Hall–Kier alpha value is -1.46. The maximum absolute atomic E-state index is 12.2. The van der Waals surface area contributed by atoms with Gasteiger partial charge in [-0.1, -0.05) is 27.5 Å². The fourth-order valence-electron chi connectivity index (χ4n) is 1.56. The minimum absolute atomic E-state index is 0.105. The number of carbonyl (C=O) groups is 1. The Morgan fingerprint density at radius 1 is 1.37 bits per heavy atom. The van der Waals surface area contributed by atoms with E-state index in [1.165, 1.54) is 13.4 Å². The second kappa shape index (κ2) is 6.12. The highest BCUT2D eigenvalue weighted by Gasteiger charge is 2.13. The molecule has 6 heteroatoms. The Bertz CT molecular complexity index is 619. The fourth-order valence-corrected chi connectivity index (χ4v) is 2.14. The van der Waals surface area contributed by atoms with Crippen molar-refractivity contribution in [2.24, 2.45) is 0 Å². The summed E-state index contributed by atoms with van der Waals surface area (Å²) in [6.07, 6.45) is 1.51. The number of aromatic nitrogens is 2. The third-order valence-corrected chi connectivity index (χ3v) is 3.30. The van der Waals surface area contributed by atoms with Crippen LogP contribution in [-0.4, -0.2) is 22.9 Å². The van der Waals surface area contributed by atoms with Crippen LogP contribution in [0.4, 0.5) is 0 Å². The Labute approximate surface area is 123 Å². The van der Waals surface area contributed by atoms with Crippen molar-refractivity contribution >= 4 is 33.3 Å². The van der Waals surface area contributed by atoms with Gasteiger partial charge in [0.15, 0.2) is 5.78 Å². The van der Waals surface area contributed by atoms with Crippen LogP contribution in [0.3, 0.4) is 0 Å². The number of hydrogen-bond acceptors (Lipinski definition) is 4. The van der Waals surface area contributed by atoms with Crippen LogP contribution in [-0.2, 0) is 6.42 Å². The summed E-state index contributed by atoms with van der Waals surface area (Å²) in [5.74, 6) is 0.324. The second-order valence-corrected chi connectivity index (χ2v) is 5.10. The van der Waals surface area contributed by atoms with Crippen LogP contribution in [0.5, 0.6) is 5.88 Å². The zero-order chi connectivity index (χ0) is 13.8. The van der Waals surface area contributed by atoms with Gasteiger partial charge in [-0.15, -0.1) is 0 Å². The lowest BCUT2D eigenvalue weighted by molar-refractivity contribution is 0.0992. The first kappa shape index (κ1) is 14.0. The molecule has 0 spiro atoms. The minimum Gasteiger partial charge on any atom is -0.481 e. The van der Waals surface area contributed by atoms with Crippen molar-refractivity contribution in [3.05, 3.63) is 51.3 Å². The third kappa shape index (κ3) is 3.52. The van der Waals surface area contributed by atoms with Crippen LogP contribution in [0.15, 0.2) is 35.1 Å². The Morgan fingerprint density at radius 3 is 2.89 bits per heavy atom. The molecular formula is C13H10BrClN2O2. The average Bonchev–Trinajstić information content (AvgIpc) is 2.41. The largest absolute Gasteiger partial charge is 0.481 e. The van der Waals surface area contributed by atoms with Gasteiger partial charge in [-0.2, -0.15) is 0 Å². The summed E-state index contributed by atoms with van der Waals surface area (Å²) in [5, 5.41) is 0.425. The topological polar surface area (TPSA) is 52.1 Å². The molecule has 2 aromatic rings. The number of halogens is 2. The summed E-state index contributed by atoms with van der Waals surface area (Å²) < 4.78 is 5.80. The Kier molecular flexibility index (Phi) is 4.50. The van der Waals surface area contributed by atoms with Crippen molar-refractivity contribution in [3.8, 4) is 5.88 Å². The summed E-state index contributed by atoms with van der Waals surface area (Å²) in [6.45, 7) is 0. The lowest BCUT2D eigenvalue weighted by atomic mass is 10.1. The first-order valence-electron chi connectivity index (χ1n) is 5.43. The van der Waals surface area contributed by atoms with Crippen LogP contribution < -0.4 is 4.74 Å². The number of carbonyl (C=O) groups excluding carboxylic acids is 1. The second-order valence-electron chi connectivity index (χ2n) is 3.78. The molecule has 1 heterocycles. The quantitative estimate of drug-likeness (QED) is 0.801. The van der Waals surface area contributed by atoms with E-state index in [9.17, 15) is 4.79 Å². The van der Waals surface area contributed by atoms with Crippen molar-refractivity contribution in [3.63, 3.8) is 0 Å². The molecule has 0 bridgehead atoms. The van der Waals surface area contributed by atoms with Gasteiger partial charge in [0.1, 0.15) is 6.33 Å². The molecule has 4 nitrogen and oxygen atoms in total. The zero-order valence-electron chi connectivity index (χ0n) is 10.1. The van der Waals surface area contributed by atoms with Gasteiger partial charge in [0.25, 0.3) is 0 Å². The van der Waals surface area contributed by atoms with Gasteiger partial charge in [-0.3, -0.25) is 4.79 Å².